The van der Waals surface area contributed by atoms with Gasteiger partial charge in [-0.25, -0.2) is 4.99 Å². The molecule has 0 amide bonds. The summed E-state index contributed by atoms with van der Waals surface area (Å²) in [7, 11) is 3.23. The Morgan fingerprint density at radius 3 is 2.77 bits per heavy atom. The van der Waals surface area contributed by atoms with Crippen molar-refractivity contribution in [2.75, 3.05) is 20.0 Å². The van der Waals surface area contributed by atoms with Gasteiger partial charge in [0.2, 0.25) is 0 Å². The van der Waals surface area contributed by atoms with E-state index in [1.807, 2.05) is 35.2 Å². The number of amidine groups is 1. The number of nitrogens with zero attached hydrogens (tertiary/aromatic N) is 3. The van der Waals surface area contributed by atoms with Gasteiger partial charge in [0.15, 0.2) is 10.9 Å². The van der Waals surface area contributed by atoms with Crippen LogP contribution in [0.2, 0.25) is 0 Å². The smallest absolute Gasteiger partial charge is 0.179 e. The number of rotatable bonds is 5. The number of pyridine rings is 1. The minimum Gasteiger partial charge on any atom is -0.497 e. The Morgan fingerprint density at radius 1 is 1.27 bits per heavy atom. The molecule has 1 atom stereocenters. The van der Waals surface area contributed by atoms with Gasteiger partial charge in [0, 0.05) is 12.2 Å². The van der Waals surface area contributed by atoms with Crippen LogP contribution in [-0.2, 0) is 5.72 Å². The summed E-state index contributed by atoms with van der Waals surface area (Å²) in [4.78, 5) is 10.9. The molecule has 2 fully saturated rings. The molecule has 0 spiro atoms. The highest BCUT2D eigenvalue weighted by Gasteiger charge is 2.52. The zero-order chi connectivity index (χ0) is 18.1. The van der Waals surface area contributed by atoms with Crippen molar-refractivity contribution in [3.8, 4) is 11.5 Å². The third kappa shape index (κ3) is 3.01. The normalized spacial score (nSPS) is 24.1. The molecular formula is C19H21N3O3S. The van der Waals surface area contributed by atoms with Gasteiger partial charge in [-0.15, -0.1) is 0 Å². The van der Waals surface area contributed by atoms with Gasteiger partial charge in [-0.3, -0.25) is 4.98 Å². The van der Waals surface area contributed by atoms with Crippen molar-refractivity contribution in [1.82, 2.24) is 9.88 Å². The minimum absolute atomic E-state index is 0.279. The first-order valence-corrected chi connectivity index (χ1v) is 9.50. The Balaban J connectivity index is 1.77. The Bertz CT molecular complexity index is 826. The van der Waals surface area contributed by atoms with Crippen LogP contribution in [0, 0.1) is 0 Å². The first-order valence-electron chi connectivity index (χ1n) is 8.51. The molecule has 1 aliphatic carbocycles. The highest BCUT2D eigenvalue weighted by Crippen LogP contribution is 2.49. The van der Waals surface area contributed by atoms with Crippen LogP contribution in [0.15, 0.2) is 47.7 Å². The molecule has 1 saturated heterocycles. The van der Waals surface area contributed by atoms with Gasteiger partial charge in [-0.1, -0.05) is 11.8 Å². The van der Waals surface area contributed by atoms with E-state index in [1.54, 1.807) is 38.4 Å². The van der Waals surface area contributed by atoms with Crippen molar-refractivity contribution < 1.29 is 14.6 Å². The molecule has 2 aromatic rings. The van der Waals surface area contributed by atoms with E-state index in [4.69, 9.17) is 14.5 Å². The molecule has 136 valence electrons. The highest BCUT2D eigenvalue weighted by atomic mass is 32.2. The van der Waals surface area contributed by atoms with Crippen molar-refractivity contribution in [3.63, 3.8) is 0 Å². The van der Waals surface area contributed by atoms with E-state index in [1.165, 1.54) is 0 Å². The molecule has 1 N–H and O–H groups in total. The summed E-state index contributed by atoms with van der Waals surface area (Å²) in [6, 6.07) is 9.56. The fraction of sp³-hybridized carbons (Fsp3) is 0.368. The second kappa shape index (κ2) is 6.81. The summed E-state index contributed by atoms with van der Waals surface area (Å²) in [5, 5.41) is 12.5. The Kier molecular flexibility index (Phi) is 4.50. The van der Waals surface area contributed by atoms with Crippen LogP contribution in [0.1, 0.15) is 18.4 Å². The predicted molar refractivity (Wildman–Crippen MR) is 102 cm³/mol. The molecule has 1 aliphatic heterocycles. The Hall–Kier alpha value is -2.25. The first kappa shape index (κ1) is 17.2. The average Bonchev–Trinajstić information content (AvgIpc) is 3.46. The van der Waals surface area contributed by atoms with E-state index in [0.717, 1.165) is 23.7 Å². The predicted octanol–water partition coefficient (Wildman–Crippen LogP) is 3.14. The summed E-state index contributed by atoms with van der Waals surface area (Å²) in [5.74, 6) is 1.81. The molecule has 26 heavy (non-hydrogen) atoms. The van der Waals surface area contributed by atoms with Crippen molar-refractivity contribution in [3.05, 3.63) is 48.3 Å². The van der Waals surface area contributed by atoms with E-state index in [9.17, 15) is 5.11 Å². The maximum absolute atomic E-state index is 11.7. The molecule has 6 nitrogen and oxygen atoms in total. The monoisotopic (exact) mass is 371 g/mol. The fourth-order valence-corrected chi connectivity index (χ4v) is 4.44. The zero-order valence-electron chi connectivity index (χ0n) is 14.8. The van der Waals surface area contributed by atoms with Crippen molar-refractivity contribution >= 4 is 22.6 Å². The van der Waals surface area contributed by atoms with Crippen molar-refractivity contribution in [2.24, 2.45) is 4.99 Å². The molecule has 0 bridgehead atoms. The third-order valence-corrected chi connectivity index (χ3v) is 5.72. The number of aliphatic hydroxyl groups is 1. The van der Waals surface area contributed by atoms with Crippen molar-refractivity contribution in [1.29, 1.82) is 0 Å². The lowest BCUT2D eigenvalue weighted by Crippen LogP contribution is -2.46. The van der Waals surface area contributed by atoms with Crippen molar-refractivity contribution in [2.45, 2.75) is 24.6 Å². The number of hydrogen-bond donors (Lipinski definition) is 1. The maximum atomic E-state index is 11.7. The number of aromatic nitrogens is 1. The van der Waals surface area contributed by atoms with Gasteiger partial charge in [0.05, 0.1) is 37.4 Å². The van der Waals surface area contributed by atoms with E-state index < -0.39 is 5.72 Å². The van der Waals surface area contributed by atoms with Crippen LogP contribution in [0.4, 0.5) is 5.69 Å². The molecule has 2 aliphatic rings. The zero-order valence-corrected chi connectivity index (χ0v) is 15.6. The molecule has 0 radical (unpaired) electrons. The topological polar surface area (TPSA) is 67.2 Å². The number of ether oxygens (including phenoxy) is 2. The minimum atomic E-state index is -1.19. The number of hydrogen-bond acceptors (Lipinski definition) is 6. The summed E-state index contributed by atoms with van der Waals surface area (Å²) in [5.41, 5.74) is 0.296. The van der Waals surface area contributed by atoms with Crippen LogP contribution < -0.4 is 9.47 Å². The lowest BCUT2D eigenvalue weighted by Gasteiger charge is -2.35. The molecule has 0 unspecified atom stereocenters. The number of benzene rings is 1. The molecule has 1 saturated carbocycles. The lowest BCUT2D eigenvalue weighted by molar-refractivity contribution is -0.0536. The van der Waals surface area contributed by atoms with Gasteiger partial charge < -0.3 is 19.5 Å². The fourth-order valence-electron chi connectivity index (χ4n) is 3.20. The second-order valence-corrected chi connectivity index (χ2v) is 7.32. The number of methoxy groups -OCH3 is 2. The second-order valence-electron chi connectivity index (χ2n) is 6.38. The molecule has 7 heteroatoms. The SMILES string of the molecule is COc1ccc(OC)c([C@]2(O)CSC(=Nc3cccnc3)N2C2CC2)c1. The van der Waals surface area contributed by atoms with Crippen LogP contribution in [0.3, 0.4) is 0 Å². The van der Waals surface area contributed by atoms with E-state index in [0.29, 0.717) is 22.8 Å². The van der Waals surface area contributed by atoms with E-state index in [-0.39, 0.29) is 6.04 Å². The van der Waals surface area contributed by atoms with Crippen LogP contribution in [0.25, 0.3) is 0 Å². The molecule has 1 aromatic carbocycles. The van der Waals surface area contributed by atoms with Crippen LogP contribution in [-0.4, -0.2) is 46.2 Å². The molecular weight excluding hydrogens is 350 g/mol. The van der Waals surface area contributed by atoms with E-state index in [2.05, 4.69) is 4.98 Å². The van der Waals surface area contributed by atoms with Crippen LogP contribution >= 0.6 is 11.8 Å². The maximum Gasteiger partial charge on any atom is 0.179 e. The lowest BCUT2D eigenvalue weighted by atomic mass is 10.0. The number of thioether (sulfide) groups is 1. The highest BCUT2D eigenvalue weighted by molar-refractivity contribution is 8.14. The summed E-state index contributed by atoms with van der Waals surface area (Å²) in [6.07, 6.45) is 5.53. The van der Waals surface area contributed by atoms with Crippen LogP contribution in [0.5, 0.6) is 11.5 Å². The van der Waals surface area contributed by atoms with Gasteiger partial charge in [-0.05, 0) is 43.2 Å². The number of aliphatic imine (C=N–C) groups is 1. The largest absolute Gasteiger partial charge is 0.497 e. The Morgan fingerprint density at radius 2 is 2.12 bits per heavy atom. The first-order chi connectivity index (χ1) is 12.7. The summed E-state index contributed by atoms with van der Waals surface area (Å²) in [6.45, 7) is 0. The summed E-state index contributed by atoms with van der Waals surface area (Å²) >= 11 is 1.55. The molecule has 1 aromatic heterocycles. The van der Waals surface area contributed by atoms with Gasteiger partial charge >= 0.3 is 0 Å². The van der Waals surface area contributed by atoms with Gasteiger partial charge in [0.25, 0.3) is 0 Å². The molecule has 2 heterocycles. The van der Waals surface area contributed by atoms with Gasteiger partial charge in [-0.2, -0.15) is 0 Å². The standard InChI is InChI=1S/C19H21N3O3S/c1-24-15-7-8-17(25-2)16(10-15)19(23)12-26-18(22(19)14-5-6-14)21-13-4-3-9-20-11-13/h3-4,7-11,14,23H,5-6,12H2,1-2H3/t19-/m1/s1. The van der Waals surface area contributed by atoms with E-state index >= 15 is 0 Å². The molecule has 4 rings (SSSR count). The average molecular weight is 371 g/mol. The third-order valence-electron chi connectivity index (χ3n) is 4.63. The quantitative estimate of drug-likeness (QED) is 0.871. The summed E-state index contributed by atoms with van der Waals surface area (Å²) < 4.78 is 10.9. The Labute approximate surface area is 156 Å². The van der Waals surface area contributed by atoms with Gasteiger partial charge in [0.1, 0.15) is 11.5 Å².